The molecule has 5 nitrogen and oxygen atoms in total. The van der Waals surface area contributed by atoms with Gasteiger partial charge in [0.1, 0.15) is 11.6 Å². The number of rotatable bonds is 4. The predicted octanol–water partition coefficient (Wildman–Crippen LogP) is 2.52. The number of hydrogen-bond acceptors (Lipinski definition) is 4. The van der Waals surface area contributed by atoms with E-state index in [4.69, 9.17) is 22.7 Å². The minimum Gasteiger partial charge on any atom is -0.497 e. The van der Waals surface area contributed by atoms with E-state index in [0.29, 0.717) is 5.11 Å². The molecule has 1 aromatic carbocycles. The first-order chi connectivity index (χ1) is 11.2. The summed E-state index contributed by atoms with van der Waals surface area (Å²) in [7, 11) is 1.68. The largest absolute Gasteiger partial charge is 0.497 e. The van der Waals surface area contributed by atoms with Gasteiger partial charge in [-0.15, -0.1) is 0 Å². The maximum Gasteiger partial charge on any atom is 0.193 e. The molecule has 23 heavy (non-hydrogen) atoms. The molecule has 1 aromatic heterocycles. The Morgan fingerprint density at radius 3 is 2.78 bits per heavy atom. The Morgan fingerprint density at radius 1 is 1.30 bits per heavy atom. The summed E-state index contributed by atoms with van der Waals surface area (Å²) < 4.78 is 6.88. The second-order valence-electron chi connectivity index (χ2n) is 5.76. The molecular formula is C17H22N4OS. The number of thiocarbonyl (C=S) groups is 1. The molecule has 6 heteroatoms. The number of aryl methyl sites for hydroxylation is 2. The molecule has 122 valence electrons. The van der Waals surface area contributed by atoms with E-state index in [2.05, 4.69) is 22.5 Å². The Morgan fingerprint density at radius 2 is 2.09 bits per heavy atom. The quantitative estimate of drug-likeness (QED) is 0.843. The van der Waals surface area contributed by atoms with Crippen LogP contribution in [0.4, 0.5) is 5.82 Å². The van der Waals surface area contributed by atoms with E-state index < -0.39 is 0 Å². The molecule has 3 rings (SSSR count). The minimum absolute atomic E-state index is 0.298. The summed E-state index contributed by atoms with van der Waals surface area (Å²) in [5, 5.41) is 8.37. The fourth-order valence-corrected chi connectivity index (χ4v) is 3.12. The molecule has 0 atom stereocenters. The second-order valence-corrected chi connectivity index (χ2v) is 6.17. The van der Waals surface area contributed by atoms with E-state index in [-0.39, 0.29) is 0 Å². The molecule has 0 bridgehead atoms. The van der Waals surface area contributed by atoms with Crippen LogP contribution in [0.2, 0.25) is 0 Å². The van der Waals surface area contributed by atoms with Crippen molar-refractivity contribution in [2.75, 3.05) is 19.0 Å². The van der Waals surface area contributed by atoms with Crippen molar-refractivity contribution in [3.05, 3.63) is 41.1 Å². The van der Waals surface area contributed by atoms with Crippen LogP contribution in [0.3, 0.4) is 0 Å². The highest BCUT2D eigenvalue weighted by molar-refractivity contribution is 7.80. The monoisotopic (exact) mass is 330 g/mol. The van der Waals surface area contributed by atoms with Crippen molar-refractivity contribution in [3.8, 4) is 5.75 Å². The van der Waals surface area contributed by atoms with Gasteiger partial charge in [0, 0.05) is 12.1 Å². The van der Waals surface area contributed by atoms with Crippen LogP contribution in [0.15, 0.2) is 24.3 Å². The van der Waals surface area contributed by atoms with Crippen molar-refractivity contribution in [3.63, 3.8) is 0 Å². The van der Waals surface area contributed by atoms with E-state index in [1.54, 1.807) is 11.8 Å². The molecule has 0 unspecified atom stereocenters. The van der Waals surface area contributed by atoms with Gasteiger partial charge in [0.15, 0.2) is 5.11 Å². The first-order valence-electron chi connectivity index (χ1n) is 7.96. The number of ether oxygens (including phenoxy) is 1. The first-order valence-corrected chi connectivity index (χ1v) is 8.37. The van der Waals surface area contributed by atoms with Gasteiger partial charge < -0.3 is 15.8 Å². The van der Waals surface area contributed by atoms with Gasteiger partial charge >= 0.3 is 0 Å². The molecule has 1 aliphatic rings. The van der Waals surface area contributed by atoms with Crippen LogP contribution >= 0.6 is 12.2 Å². The summed E-state index contributed by atoms with van der Waals surface area (Å²) in [4.78, 5) is 0. The number of benzene rings is 1. The molecule has 0 aliphatic carbocycles. The van der Waals surface area contributed by atoms with Gasteiger partial charge in [-0.25, -0.2) is 0 Å². The minimum atomic E-state index is 0.298. The highest BCUT2D eigenvalue weighted by Crippen LogP contribution is 2.26. The van der Waals surface area contributed by atoms with Crippen LogP contribution in [-0.4, -0.2) is 28.5 Å². The van der Waals surface area contributed by atoms with E-state index in [0.717, 1.165) is 49.5 Å². The van der Waals surface area contributed by atoms with Crippen LogP contribution in [0, 0.1) is 0 Å². The van der Waals surface area contributed by atoms with Gasteiger partial charge in [-0.3, -0.25) is 0 Å². The zero-order valence-corrected chi connectivity index (χ0v) is 14.2. The highest BCUT2D eigenvalue weighted by atomic mass is 32.1. The number of nitrogens with zero attached hydrogens (tertiary/aromatic N) is 2. The van der Waals surface area contributed by atoms with Gasteiger partial charge in [-0.05, 0) is 62.0 Å². The number of hydrogen-bond donors (Lipinski definition) is 2. The van der Waals surface area contributed by atoms with Gasteiger partial charge in [-0.2, -0.15) is 9.78 Å². The topological polar surface area (TPSA) is 65.1 Å². The SMILES string of the molecule is COc1ccc(CCc2nn(C(N)=S)c3c2CCCCN3)cc1. The molecule has 0 amide bonds. The number of nitrogens with two attached hydrogens (primary N) is 1. The lowest BCUT2D eigenvalue weighted by Gasteiger charge is -2.06. The summed E-state index contributed by atoms with van der Waals surface area (Å²) in [6, 6.07) is 8.18. The summed E-state index contributed by atoms with van der Waals surface area (Å²) in [5.41, 5.74) is 9.45. The number of nitrogens with one attached hydrogen (secondary N) is 1. The van der Waals surface area contributed by atoms with Crippen molar-refractivity contribution in [1.82, 2.24) is 9.78 Å². The van der Waals surface area contributed by atoms with Gasteiger partial charge in [-0.1, -0.05) is 12.1 Å². The summed E-state index contributed by atoms with van der Waals surface area (Å²) in [6.07, 6.45) is 5.17. The molecule has 0 saturated carbocycles. The lowest BCUT2D eigenvalue weighted by Crippen LogP contribution is -2.23. The molecule has 1 aliphatic heterocycles. The maximum absolute atomic E-state index is 5.82. The average molecular weight is 330 g/mol. The van der Waals surface area contributed by atoms with Crippen LogP contribution in [0.5, 0.6) is 5.75 Å². The third-order valence-electron chi connectivity index (χ3n) is 4.23. The molecule has 0 radical (unpaired) electrons. The number of methoxy groups -OCH3 is 1. The Kier molecular flexibility index (Phi) is 4.81. The fourth-order valence-electron chi connectivity index (χ4n) is 2.99. The van der Waals surface area contributed by atoms with E-state index in [9.17, 15) is 0 Å². The molecule has 0 spiro atoms. The zero-order chi connectivity index (χ0) is 16.2. The number of anilines is 1. The smallest absolute Gasteiger partial charge is 0.193 e. The van der Waals surface area contributed by atoms with E-state index in [1.165, 1.54) is 17.5 Å². The molecule has 2 heterocycles. The van der Waals surface area contributed by atoms with Crippen molar-refractivity contribution in [1.29, 1.82) is 0 Å². The van der Waals surface area contributed by atoms with E-state index in [1.807, 2.05) is 12.1 Å². The molecule has 3 N–H and O–H groups in total. The van der Waals surface area contributed by atoms with Crippen molar-refractivity contribution in [2.45, 2.75) is 32.1 Å². The van der Waals surface area contributed by atoms with Gasteiger partial charge in [0.25, 0.3) is 0 Å². The van der Waals surface area contributed by atoms with Gasteiger partial charge in [0.2, 0.25) is 0 Å². The summed E-state index contributed by atoms with van der Waals surface area (Å²) >= 11 is 5.13. The molecular weight excluding hydrogens is 308 g/mol. The average Bonchev–Trinajstić information content (AvgIpc) is 2.74. The van der Waals surface area contributed by atoms with Crippen LogP contribution in [-0.2, 0) is 19.3 Å². The summed E-state index contributed by atoms with van der Waals surface area (Å²) in [6.45, 7) is 0.944. The van der Waals surface area contributed by atoms with Gasteiger partial charge in [0.05, 0.1) is 12.8 Å². The highest BCUT2D eigenvalue weighted by Gasteiger charge is 2.20. The van der Waals surface area contributed by atoms with Crippen molar-refractivity contribution < 1.29 is 4.74 Å². The fraction of sp³-hybridized carbons (Fsp3) is 0.412. The van der Waals surface area contributed by atoms with Crippen molar-refractivity contribution >= 4 is 23.1 Å². The number of aromatic nitrogens is 2. The third-order valence-corrected chi connectivity index (χ3v) is 4.40. The second kappa shape index (κ2) is 7.00. The maximum atomic E-state index is 5.82. The predicted molar refractivity (Wildman–Crippen MR) is 96.2 cm³/mol. The Balaban J connectivity index is 1.80. The standard InChI is InChI=1S/C17H22N4OS/c1-22-13-8-5-12(6-9-13)7-10-15-14-4-2-3-11-19-16(14)21(20-15)17(18)23/h5-6,8-9,19H,2-4,7,10-11H2,1H3,(H2,18,23). The molecule has 0 fully saturated rings. The first kappa shape index (κ1) is 15.8. The molecule has 0 saturated heterocycles. The van der Waals surface area contributed by atoms with Crippen molar-refractivity contribution in [2.24, 2.45) is 5.73 Å². The normalized spacial score (nSPS) is 13.8. The van der Waals surface area contributed by atoms with Crippen LogP contribution < -0.4 is 15.8 Å². The van der Waals surface area contributed by atoms with Crippen LogP contribution in [0.25, 0.3) is 0 Å². The van der Waals surface area contributed by atoms with E-state index >= 15 is 0 Å². The lowest BCUT2D eigenvalue weighted by atomic mass is 10.0. The number of fused-ring (bicyclic) bond motifs is 1. The molecule has 2 aromatic rings. The summed E-state index contributed by atoms with van der Waals surface area (Å²) in [5.74, 6) is 1.87. The third kappa shape index (κ3) is 3.47. The lowest BCUT2D eigenvalue weighted by molar-refractivity contribution is 0.414. The Hall–Kier alpha value is -2.08. The van der Waals surface area contributed by atoms with Crippen LogP contribution in [0.1, 0.15) is 29.7 Å². The Labute approximate surface area is 141 Å². The zero-order valence-electron chi connectivity index (χ0n) is 13.3. The Bertz CT molecular complexity index is 693.